The maximum absolute atomic E-state index is 15.4. The van der Waals surface area contributed by atoms with E-state index in [-0.39, 0.29) is 23.5 Å². The zero-order valence-corrected chi connectivity index (χ0v) is 36.4. The Hall–Kier alpha value is -6.88. The molecular weight excluding hydrogens is 851 g/mol. The van der Waals surface area contributed by atoms with Crippen molar-refractivity contribution in [3.05, 3.63) is 166 Å². The third kappa shape index (κ3) is 7.67. The summed E-state index contributed by atoms with van der Waals surface area (Å²) in [6.45, 7) is 14.5. The second kappa shape index (κ2) is 17.4. The van der Waals surface area contributed by atoms with Crippen LogP contribution in [0.25, 0.3) is 31.9 Å². The average Bonchev–Trinajstić information content (AvgIpc) is 3.32. The molecule has 0 unspecified atom stereocenters. The van der Waals surface area contributed by atoms with Gasteiger partial charge in [-0.15, -0.1) is 0 Å². The molecule has 0 saturated heterocycles. The first-order valence-corrected chi connectivity index (χ1v) is 22.3. The van der Waals surface area contributed by atoms with Crippen molar-refractivity contribution in [3.8, 4) is 34.0 Å². The molecular formula is C48H40F2N10O2S2. The van der Waals surface area contributed by atoms with Gasteiger partial charge in [-0.05, 0) is 94.8 Å². The number of rotatable bonds is 6. The number of thioether (sulfide) groups is 2. The van der Waals surface area contributed by atoms with Crippen molar-refractivity contribution in [2.45, 2.75) is 36.8 Å². The minimum Gasteiger partial charge on any atom is -0.481 e. The lowest BCUT2D eigenvalue weighted by atomic mass is 9.67. The molecule has 4 N–H and O–H groups in total. The SMILES string of the molecule is [C-]#[N+]c1cncc(-c2ccc(F)c([C@@]34Cc5c(ccnc5OC)C[C@@H]3CSC(N)=N4)c2)c1.[C-]#[N+]c1cncc(-c2ccc(F)c([C@]34Cc5c(ccnc5OC)C[C@H]3CSC(N)=N4)c2)c1. The molecule has 12 nitrogen and oxygen atoms in total. The summed E-state index contributed by atoms with van der Waals surface area (Å²) in [6.07, 6.45) is 12.2. The highest BCUT2D eigenvalue weighted by Crippen LogP contribution is 2.52. The van der Waals surface area contributed by atoms with Crippen molar-refractivity contribution < 1.29 is 18.3 Å². The molecule has 320 valence electrons. The summed E-state index contributed by atoms with van der Waals surface area (Å²) in [5.74, 6) is 2.05. The lowest BCUT2D eigenvalue weighted by Crippen LogP contribution is -2.46. The van der Waals surface area contributed by atoms with Crippen LogP contribution >= 0.6 is 23.5 Å². The second-order valence-electron chi connectivity index (χ2n) is 15.9. The van der Waals surface area contributed by atoms with Gasteiger partial charge in [-0.2, -0.15) is 0 Å². The number of aromatic nitrogens is 4. The normalized spacial score (nSPS) is 21.7. The summed E-state index contributed by atoms with van der Waals surface area (Å²) in [7, 11) is 3.18. The first kappa shape index (κ1) is 42.4. The smallest absolute Gasteiger partial charge is 0.216 e. The standard InChI is InChI=1S/2C24H20FN5OS/c2*1-27-18-8-16(11-28-12-18)14-3-4-21(25)20(9-14)24-10-19-15(5-6-29-22(19)31-2)7-17(24)13-32-23(26)30-24/h2*3-6,8-9,11-12,17H,7,10,13H2,2H3,(H2,26,30)/t2*17-,24-/m10/s1. The van der Waals surface area contributed by atoms with Gasteiger partial charge < -0.3 is 20.9 Å². The van der Waals surface area contributed by atoms with E-state index < -0.39 is 11.1 Å². The number of hydrogen-bond acceptors (Lipinski definition) is 12. The van der Waals surface area contributed by atoms with Crippen molar-refractivity contribution in [2.75, 3.05) is 25.7 Å². The van der Waals surface area contributed by atoms with Crippen LogP contribution in [-0.4, -0.2) is 56.0 Å². The predicted octanol–water partition coefficient (Wildman–Crippen LogP) is 9.03. The molecule has 64 heavy (non-hydrogen) atoms. The van der Waals surface area contributed by atoms with E-state index in [1.54, 1.807) is 63.3 Å². The highest BCUT2D eigenvalue weighted by atomic mass is 32.2. The Bertz CT molecular complexity index is 2770. The molecule has 0 amide bonds. The van der Waals surface area contributed by atoms with Gasteiger partial charge in [-0.1, -0.05) is 35.7 Å². The molecule has 4 aromatic heterocycles. The van der Waals surface area contributed by atoms with Crippen LogP contribution in [0.1, 0.15) is 33.4 Å². The third-order valence-corrected chi connectivity index (χ3v) is 14.4. The zero-order valence-electron chi connectivity index (χ0n) is 34.8. The van der Waals surface area contributed by atoms with Gasteiger partial charge in [-0.3, -0.25) is 20.0 Å². The molecule has 0 saturated carbocycles. The van der Waals surface area contributed by atoms with E-state index in [2.05, 4.69) is 29.6 Å². The number of fused-ring (bicyclic) bond motifs is 4. The molecule has 6 heterocycles. The number of aliphatic imine (C=N–C) groups is 2. The maximum atomic E-state index is 15.4. The molecule has 16 heteroatoms. The van der Waals surface area contributed by atoms with Crippen molar-refractivity contribution in [3.63, 3.8) is 0 Å². The Morgan fingerprint density at radius 3 is 1.47 bits per heavy atom. The average molecular weight is 891 g/mol. The van der Waals surface area contributed by atoms with Gasteiger partial charge in [0.15, 0.2) is 10.3 Å². The van der Waals surface area contributed by atoms with Gasteiger partial charge in [-0.25, -0.2) is 28.4 Å². The fraction of sp³-hybridized carbons (Fsp3) is 0.250. The number of halogens is 2. The van der Waals surface area contributed by atoms with Gasteiger partial charge in [0.05, 0.1) is 38.4 Å². The number of amidine groups is 2. The van der Waals surface area contributed by atoms with E-state index >= 15 is 8.78 Å². The van der Waals surface area contributed by atoms with Crippen molar-refractivity contribution in [1.82, 2.24) is 19.9 Å². The minimum atomic E-state index is -0.858. The van der Waals surface area contributed by atoms with E-state index in [1.807, 2.05) is 24.3 Å². The topological polar surface area (TPSA) is 156 Å². The summed E-state index contributed by atoms with van der Waals surface area (Å²) in [6, 6.07) is 17.5. The van der Waals surface area contributed by atoms with E-state index in [4.69, 9.17) is 44.1 Å². The molecule has 10 rings (SSSR count). The van der Waals surface area contributed by atoms with Crippen molar-refractivity contribution in [1.29, 1.82) is 0 Å². The Morgan fingerprint density at radius 2 is 1.06 bits per heavy atom. The summed E-state index contributed by atoms with van der Waals surface area (Å²) < 4.78 is 41.9. The first-order chi connectivity index (χ1) is 31.1. The largest absolute Gasteiger partial charge is 0.481 e. The number of methoxy groups -OCH3 is 2. The Labute approximate surface area is 377 Å². The summed E-state index contributed by atoms with van der Waals surface area (Å²) >= 11 is 3.02. The molecule has 4 aliphatic rings. The molecule has 0 bridgehead atoms. The monoisotopic (exact) mass is 890 g/mol. The van der Waals surface area contributed by atoms with Crippen LogP contribution in [0.5, 0.6) is 11.8 Å². The van der Waals surface area contributed by atoms with Crippen LogP contribution in [0.15, 0.2) is 108 Å². The zero-order chi connectivity index (χ0) is 44.6. The fourth-order valence-corrected chi connectivity index (χ4v) is 11.4. The van der Waals surface area contributed by atoms with Crippen LogP contribution in [0.3, 0.4) is 0 Å². The Morgan fingerprint density at radius 1 is 0.625 bits per heavy atom. The van der Waals surface area contributed by atoms with Gasteiger partial charge in [0.2, 0.25) is 23.1 Å². The number of nitrogens with zero attached hydrogens (tertiary/aromatic N) is 8. The number of pyridine rings is 4. The highest BCUT2D eigenvalue weighted by Gasteiger charge is 2.50. The van der Waals surface area contributed by atoms with Crippen molar-refractivity contribution in [2.24, 2.45) is 33.3 Å². The van der Waals surface area contributed by atoms with Crippen LogP contribution in [0.2, 0.25) is 0 Å². The Kier molecular flexibility index (Phi) is 11.5. The van der Waals surface area contributed by atoms with Crippen molar-refractivity contribution >= 4 is 45.2 Å². The van der Waals surface area contributed by atoms with Gasteiger partial charge in [0, 0.05) is 95.6 Å². The molecule has 6 aromatic rings. The van der Waals surface area contributed by atoms with E-state index in [0.717, 1.165) is 68.9 Å². The summed E-state index contributed by atoms with van der Waals surface area (Å²) in [5.41, 5.74) is 19.8. The highest BCUT2D eigenvalue weighted by molar-refractivity contribution is 8.14. The first-order valence-electron chi connectivity index (χ1n) is 20.3. The van der Waals surface area contributed by atoms with Crippen LogP contribution < -0.4 is 20.9 Å². The van der Waals surface area contributed by atoms with Gasteiger partial charge >= 0.3 is 0 Å². The van der Waals surface area contributed by atoms with Crippen LogP contribution in [0, 0.1) is 36.6 Å². The van der Waals surface area contributed by atoms with Crippen LogP contribution in [-0.2, 0) is 36.8 Å². The van der Waals surface area contributed by atoms with Gasteiger partial charge in [0.1, 0.15) is 11.6 Å². The minimum absolute atomic E-state index is 0.0665. The van der Waals surface area contributed by atoms with Gasteiger partial charge in [0.25, 0.3) is 0 Å². The molecule has 2 aliphatic carbocycles. The molecule has 4 atom stereocenters. The quantitative estimate of drug-likeness (QED) is 0.155. The lowest BCUT2D eigenvalue weighted by molar-refractivity contribution is 0.262. The maximum Gasteiger partial charge on any atom is 0.216 e. The lowest BCUT2D eigenvalue weighted by Gasteiger charge is -2.45. The molecule has 2 aromatic carbocycles. The number of benzene rings is 2. The van der Waals surface area contributed by atoms with E-state index in [9.17, 15) is 0 Å². The fourth-order valence-electron chi connectivity index (χ4n) is 9.43. The third-order valence-electron chi connectivity index (χ3n) is 12.5. The molecule has 0 fully saturated rings. The predicted molar refractivity (Wildman–Crippen MR) is 247 cm³/mol. The number of nitrogens with two attached hydrogens (primary N) is 2. The molecule has 2 aliphatic heterocycles. The molecule has 0 radical (unpaired) electrons. The van der Waals surface area contributed by atoms with E-state index in [0.29, 0.717) is 57.4 Å². The number of ether oxygens (including phenoxy) is 2. The second-order valence-corrected chi connectivity index (χ2v) is 18.0. The summed E-state index contributed by atoms with van der Waals surface area (Å²) in [5, 5.41) is 0.906. The van der Waals surface area contributed by atoms with Crippen LogP contribution in [0.4, 0.5) is 20.2 Å². The number of hydrogen-bond donors (Lipinski definition) is 2. The molecule has 0 spiro atoms. The van der Waals surface area contributed by atoms with E-state index in [1.165, 1.54) is 48.1 Å². The Balaban J connectivity index is 0.000000162. The summed E-state index contributed by atoms with van der Waals surface area (Å²) in [4.78, 5) is 33.7.